The molecule has 0 atom stereocenters. The molecule has 1 aromatic heterocycles. The lowest BCUT2D eigenvalue weighted by atomic mass is 10.2. The fraction of sp³-hybridized carbons (Fsp3) is 0.125. The maximum Gasteiger partial charge on any atom is 0.141 e. The van der Waals surface area contributed by atoms with Gasteiger partial charge in [-0.3, -0.25) is 0 Å². The van der Waals surface area contributed by atoms with Crippen LogP contribution in [0.25, 0.3) is 10.9 Å². The van der Waals surface area contributed by atoms with E-state index in [9.17, 15) is 0 Å². The molecule has 2 aromatic carbocycles. The predicted molar refractivity (Wildman–Crippen MR) is 85.6 cm³/mol. The first-order valence-corrected chi connectivity index (χ1v) is 6.87. The number of halogens is 1. The molecule has 4 nitrogen and oxygen atoms in total. The number of ether oxygens (including phenoxy) is 1. The number of anilines is 2. The molecule has 3 aromatic rings. The minimum atomic E-state index is 0.722. The van der Waals surface area contributed by atoms with E-state index in [2.05, 4.69) is 15.3 Å². The molecule has 0 aliphatic heterocycles. The van der Waals surface area contributed by atoms with Crippen LogP contribution in [0, 0.1) is 6.92 Å². The molecule has 0 fully saturated rings. The summed E-state index contributed by atoms with van der Waals surface area (Å²) >= 11 is 6.15. The van der Waals surface area contributed by atoms with Gasteiger partial charge in [0.1, 0.15) is 17.9 Å². The second-order valence-electron chi connectivity index (χ2n) is 4.69. The zero-order valence-electron chi connectivity index (χ0n) is 11.7. The summed E-state index contributed by atoms with van der Waals surface area (Å²) in [5.41, 5.74) is 2.76. The highest BCUT2D eigenvalue weighted by molar-refractivity contribution is 6.31. The number of rotatable bonds is 3. The standard InChI is InChI=1S/C16H14ClN3O/c1-10-3-4-11(7-14(10)17)20-16-13-6-5-12(21-2)8-15(13)18-9-19-16/h3-9H,1-2H3,(H,18,19,20). The highest BCUT2D eigenvalue weighted by atomic mass is 35.5. The van der Waals surface area contributed by atoms with Crippen molar-refractivity contribution >= 4 is 34.0 Å². The molecule has 0 aliphatic rings. The molecule has 5 heteroatoms. The molecule has 1 heterocycles. The van der Waals surface area contributed by atoms with Gasteiger partial charge < -0.3 is 10.1 Å². The monoisotopic (exact) mass is 299 g/mol. The lowest BCUT2D eigenvalue weighted by molar-refractivity contribution is 0.415. The van der Waals surface area contributed by atoms with Gasteiger partial charge in [-0.05, 0) is 36.8 Å². The maximum atomic E-state index is 6.15. The van der Waals surface area contributed by atoms with Crippen LogP contribution in [-0.4, -0.2) is 17.1 Å². The first-order valence-electron chi connectivity index (χ1n) is 6.49. The minimum absolute atomic E-state index is 0.722. The summed E-state index contributed by atoms with van der Waals surface area (Å²) in [6, 6.07) is 11.5. The molecule has 0 spiro atoms. The van der Waals surface area contributed by atoms with E-state index in [1.54, 1.807) is 7.11 Å². The van der Waals surface area contributed by atoms with Crippen molar-refractivity contribution in [2.24, 2.45) is 0 Å². The van der Waals surface area contributed by atoms with Crippen molar-refractivity contribution in [3.63, 3.8) is 0 Å². The van der Waals surface area contributed by atoms with E-state index in [1.807, 2.05) is 43.3 Å². The minimum Gasteiger partial charge on any atom is -0.497 e. The molecule has 0 radical (unpaired) electrons. The van der Waals surface area contributed by atoms with Crippen LogP contribution >= 0.6 is 11.6 Å². The van der Waals surface area contributed by atoms with Gasteiger partial charge in [0.2, 0.25) is 0 Å². The second kappa shape index (κ2) is 5.58. The van der Waals surface area contributed by atoms with E-state index in [0.29, 0.717) is 0 Å². The Labute approximate surface area is 127 Å². The summed E-state index contributed by atoms with van der Waals surface area (Å²) in [4.78, 5) is 8.57. The van der Waals surface area contributed by atoms with E-state index < -0.39 is 0 Å². The average molecular weight is 300 g/mol. The summed E-state index contributed by atoms with van der Waals surface area (Å²) in [5.74, 6) is 1.51. The van der Waals surface area contributed by atoms with Gasteiger partial charge in [-0.1, -0.05) is 17.7 Å². The third-order valence-corrected chi connectivity index (χ3v) is 3.69. The number of hydrogen-bond acceptors (Lipinski definition) is 4. The van der Waals surface area contributed by atoms with Crippen molar-refractivity contribution in [1.82, 2.24) is 9.97 Å². The molecule has 3 rings (SSSR count). The van der Waals surface area contributed by atoms with Crippen LogP contribution in [0.4, 0.5) is 11.5 Å². The lowest BCUT2D eigenvalue weighted by Crippen LogP contribution is -1.96. The summed E-state index contributed by atoms with van der Waals surface area (Å²) < 4.78 is 5.21. The first-order chi connectivity index (χ1) is 10.2. The molecule has 21 heavy (non-hydrogen) atoms. The van der Waals surface area contributed by atoms with Gasteiger partial charge in [-0.2, -0.15) is 0 Å². The molecular formula is C16H14ClN3O. The van der Waals surface area contributed by atoms with Gasteiger partial charge >= 0.3 is 0 Å². The van der Waals surface area contributed by atoms with E-state index >= 15 is 0 Å². The third-order valence-electron chi connectivity index (χ3n) is 3.28. The molecular weight excluding hydrogens is 286 g/mol. The van der Waals surface area contributed by atoms with Gasteiger partial charge in [-0.25, -0.2) is 9.97 Å². The quantitative estimate of drug-likeness (QED) is 0.781. The van der Waals surface area contributed by atoms with Gasteiger partial charge in [0.05, 0.1) is 12.6 Å². The molecule has 1 N–H and O–H groups in total. The van der Waals surface area contributed by atoms with Crippen molar-refractivity contribution in [2.45, 2.75) is 6.92 Å². The Morgan fingerprint density at radius 1 is 1.10 bits per heavy atom. The molecule has 0 aliphatic carbocycles. The highest BCUT2D eigenvalue weighted by Gasteiger charge is 2.06. The Balaban J connectivity index is 2.02. The Kier molecular flexibility index (Phi) is 3.62. The Morgan fingerprint density at radius 3 is 2.71 bits per heavy atom. The molecule has 106 valence electrons. The van der Waals surface area contributed by atoms with Crippen LogP contribution in [0.1, 0.15) is 5.56 Å². The normalized spacial score (nSPS) is 10.6. The SMILES string of the molecule is COc1ccc2c(Nc3ccc(C)c(Cl)c3)ncnc2c1. The van der Waals surface area contributed by atoms with E-state index in [4.69, 9.17) is 16.3 Å². The fourth-order valence-electron chi connectivity index (χ4n) is 2.07. The van der Waals surface area contributed by atoms with Crippen molar-refractivity contribution in [3.8, 4) is 5.75 Å². The number of hydrogen-bond donors (Lipinski definition) is 1. The Hall–Kier alpha value is -2.33. The van der Waals surface area contributed by atoms with Gasteiger partial charge in [0.15, 0.2) is 0 Å². The predicted octanol–water partition coefficient (Wildman–Crippen LogP) is 4.34. The molecule has 0 unspecified atom stereocenters. The Bertz CT molecular complexity index is 805. The van der Waals surface area contributed by atoms with E-state index in [-0.39, 0.29) is 0 Å². The molecule has 0 bridgehead atoms. The first kappa shape index (κ1) is 13.6. The third kappa shape index (κ3) is 2.76. The van der Waals surface area contributed by atoms with Crippen LogP contribution in [0.2, 0.25) is 5.02 Å². The van der Waals surface area contributed by atoms with Crippen LogP contribution in [0.15, 0.2) is 42.7 Å². The van der Waals surface area contributed by atoms with Crippen molar-refractivity contribution in [3.05, 3.63) is 53.3 Å². The maximum absolute atomic E-state index is 6.15. The zero-order chi connectivity index (χ0) is 14.8. The lowest BCUT2D eigenvalue weighted by Gasteiger charge is -2.10. The summed E-state index contributed by atoms with van der Waals surface area (Å²) in [5, 5.41) is 4.92. The highest BCUT2D eigenvalue weighted by Crippen LogP contribution is 2.27. The smallest absolute Gasteiger partial charge is 0.141 e. The molecule has 0 saturated carbocycles. The topological polar surface area (TPSA) is 47.0 Å². The molecule has 0 amide bonds. The number of aromatic nitrogens is 2. The fourth-order valence-corrected chi connectivity index (χ4v) is 2.25. The number of aryl methyl sites for hydroxylation is 1. The summed E-state index contributed by atoms with van der Waals surface area (Å²) in [6.45, 7) is 1.97. The van der Waals surface area contributed by atoms with Crippen LogP contribution in [0.3, 0.4) is 0 Å². The number of benzene rings is 2. The number of methoxy groups -OCH3 is 1. The zero-order valence-corrected chi connectivity index (χ0v) is 12.5. The molecule has 0 saturated heterocycles. The number of nitrogens with one attached hydrogen (secondary N) is 1. The van der Waals surface area contributed by atoms with Gasteiger partial charge in [-0.15, -0.1) is 0 Å². The Morgan fingerprint density at radius 2 is 1.95 bits per heavy atom. The van der Waals surface area contributed by atoms with E-state index in [1.165, 1.54) is 6.33 Å². The number of fused-ring (bicyclic) bond motifs is 1. The van der Waals surface area contributed by atoms with Crippen molar-refractivity contribution in [1.29, 1.82) is 0 Å². The van der Waals surface area contributed by atoms with Crippen LogP contribution in [-0.2, 0) is 0 Å². The average Bonchev–Trinajstić information content (AvgIpc) is 2.50. The summed E-state index contributed by atoms with van der Waals surface area (Å²) in [6.07, 6.45) is 1.53. The van der Waals surface area contributed by atoms with Crippen molar-refractivity contribution in [2.75, 3.05) is 12.4 Å². The van der Waals surface area contributed by atoms with Gasteiger partial charge in [0.25, 0.3) is 0 Å². The van der Waals surface area contributed by atoms with E-state index in [0.717, 1.165) is 38.7 Å². The summed E-state index contributed by atoms with van der Waals surface area (Å²) in [7, 11) is 1.63. The number of nitrogens with zero attached hydrogens (tertiary/aromatic N) is 2. The second-order valence-corrected chi connectivity index (χ2v) is 5.10. The van der Waals surface area contributed by atoms with Crippen LogP contribution < -0.4 is 10.1 Å². The van der Waals surface area contributed by atoms with Crippen molar-refractivity contribution < 1.29 is 4.74 Å². The van der Waals surface area contributed by atoms with Crippen LogP contribution in [0.5, 0.6) is 5.75 Å². The largest absolute Gasteiger partial charge is 0.497 e. The van der Waals surface area contributed by atoms with Gasteiger partial charge in [0, 0.05) is 22.2 Å².